The number of carbonyl (C=O) groups is 1. The zero-order valence-electron chi connectivity index (χ0n) is 13.9. The van der Waals surface area contributed by atoms with Crippen LogP contribution in [0.5, 0.6) is 0 Å². The van der Waals surface area contributed by atoms with Crippen LogP contribution in [0.1, 0.15) is 65.2 Å². The largest absolute Gasteiger partial charge is 0.392 e. The fourth-order valence-corrected chi connectivity index (χ4v) is 7.00. The Kier molecular flexibility index (Phi) is 3.30. The lowest BCUT2D eigenvalue weighted by Crippen LogP contribution is -2.59. The average Bonchev–Trinajstić information content (AvgIpc) is 2.79. The lowest BCUT2D eigenvalue weighted by molar-refractivity contribution is -0.176. The van der Waals surface area contributed by atoms with Gasteiger partial charge in [0.25, 0.3) is 0 Å². The molecule has 4 rings (SSSR count). The van der Waals surface area contributed by atoms with Gasteiger partial charge < -0.3 is 10.2 Å². The molecule has 0 radical (unpaired) electrons. The maximum Gasteiger partial charge on any atom is 0.133 e. The molecule has 0 bridgehead atoms. The summed E-state index contributed by atoms with van der Waals surface area (Å²) in [5.74, 6) is 2.61. The van der Waals surface area contributed by atoms with Crippen LogP contribution in [0.25, 0.3) is 0 Å². The Morgan fingerprint density at radius 1 is 1.00 bits per heavy atom. The molecule has 3 heteroatoms. The topological polar surface area (TPSA) is 57.5 Å². The number of carbonyl (C=O) groups excluding carboxylic acids is 1. The Labute approximate surface area is 133 Å². The third kappa shape index (κ3) is 1.78. The van der Waals surface area contributed by atoms with Crippen molar-refractivity contribution in [2.24, 2.45) is 34.5 Å². The van der Waals surface area contributed by atoms with Gasteiger partial charge in [-0.3, -0.25) is 4.79 Å². The third-order valence-corrected chi connectivity index (χ3v) is 8.54. The van der Waals surface area contributed by atoms with E-state index in [1.165, 1.54) is 12.8 Å². The van der Waals surface area contributed by atoms with Crippen LogP contribution in [0.4, 0.5) is 0 Å². The van der Waals surface area contributed by atoms with Crippen LogP contribution in [0.15, 0.2) is 0 Å². The van der Waals surface area contributed by atoms with E-state index in [2.05, 4.69) is 13.8 Å². The summed E-state index contributed by atoms with van der Waals surface area (Å²) in [6.07, 6.45) is 6.88. The van der Waals surface area contributed by atoms with Gasteiger partial charge in [0.1, 0.15) is 5.78 Å². The van der Waals surface area contributed by atoms with E-state index >= 15 is 0 Å². The number of hydrogen-bond donors (Lipinski definition) is 2. The first kappa shape index (κ1) is 15.1. The Hall–Kier alpha value is -0.410. The number of Topliss-reactive ketones (excluding diaryl/α,β-unsaturated/α-hetero) is 1. The second-order valence-electron chi connectivity index (χ2n) is 9.11. The van der Waals surface area contributed by atoms with Crippen LogP contribution >= 0.6 is 0 Å². The summed E-state index contributed by atoms with van der Waals surface area (Å²) in [6.45, 7) is 4.51. The van der Waals surface area contributed by atoms with Gasteiger partial charge in [0.05, 0.1) is 12.2 Å². The SMILES string of the molecule is C[C@]12CCC(=O)C[C@@H]1CC[C@@H]1[C@@H]2C[C@@H](O)[C@]2(C)[C@@H](O)CC[C@@H]12. The van der Waals surface area contributed by atoms with Crippen LogP contribution in [-0.4, -0.2) is 28.2 Å². The zero-order chi connectivity index (χ0) is 15.7. The van der Waals surface area contributed by atoms with E-state index in [0.29, 0.717) is 29.5 Å². The molecule has 0 aromatic carbocycles. The molecule has 4 saturated carbocycles. The van der Waals surface area contributed by atoms with Gasteiger partial charge in [0.2, 0.25) is 0 Å². The molecular formula is C19H30O3. The van der Waals surface area contributed by atoms with Gasteiger partial charge >= 0.3 is 0 Å². The predicted octanol–water partition coefficient (Wildman–Crippen LogP) is 2.93. The molecule has 0 unspecified atom stereocenters. The highest BCUT2D eigenvalue weighted by molar-refractivity contribution is 5.79. The summed E-state index contributed by atoms with van der Waals surface area (Å²) in [5.41, 5.74) is -0.0679. The molecule has 0 aromatic heterocycles. The maximum atomic E-state index is 11.9. The lowest BCUT2D eigenvalue weighted by atomic mass is 9.44. The number of hydrogen-bond acceptors (Lipinski definition) is 3. The Morgan fingerprint density at radius 2 is 1.77 bits per heavy atom. The minimum absolute atomic E-state index is 0.229. The smallest absolute Gasteiger partial charge is 0.133 e. The van der Waals surface area contributed by atoms with Crippen molar-refractivity contribution in [3.8, 4) is 0 Å². The summed E-state index contributed by atoms with van der Waals surface area (Å²) in [5, 5.41) is 21.3. The molecule has 0 saturated heterocycles. The van der Waals surface area contributed by atoms with Crippen molar-refractivity contribution < 1.29 is 15.0 Å². The third-order valence-electron chi connectivity index (χ3n) is 8.54. The van der Waals surface area contributed by atoms with Crippen molar-refractivity contribution in [3.63, 3.8) is 0 Å². The van der Waals surface area contributed by atoms with Gasteiger partial charge in [-0.1, -0.05) is 13.8 Å². The molecule has 124 valence electrons. The second-order valence-corrected chi connectivity index (χ2v) is 9.11. The van der Waals surface area contributed by atoms with Crippen molar-refractivity contribution in [3.05, 3.63) is 0 Å². The van der Waals surface area contributed by atoms with Gasteiger partial charge in [-0.2, -0.15) is 0 Å². The Morgan fingerprint density at radius 3 is 2.55 bits per heavy atom. The average molecular weight is 306 g/mol. The number of ketones is 1. The van der Waals surface area contributed by atoms with E-state index in [1.54, 1.807) is 0 Å². The number of rotatable bonds is 0. The fourth-order valence-electron chi connectivity index (χ4n) is 7.00. The van der Waals surface area contributed by atoms with E-state index in [9.17, 15) is 15.0 Å². The molecule has 0 heterocycles. The quantitative estimate of drug-likeness (QED) is 0.723. The minimum Gasteiger partial charge on any atom is -0.392 e. The van der Waals surface area contributed by atoms with Gasteiger partial charge in [-0.15, -0.1) is 0 Å². The summed E-state index contributed by atoms with van der Waals surface area (Å²) in [6, 6.07) is 0. The molecule has 3 nitrogen and oxygen atoms in total. The first-order valence-corrected chi connectivity index (χ1v) is 9.25. The van der Waals surface area contributed by atoms with Gasteiger partial charge in [-0.25, -0.2) is 0 Å². The van der Waals surface area contributed by atoms with Crippen molar-refractivity contribution in [1.29, 1.82) is 0 Å². The van der Waals surface area contributed by atoms with Crippen LogP contribution in [0, 0.1) is 34.5 Å². The van der Waals surface area contributed by atoms with Gasteiger partial charge in [-0.05, 0) is 67.6 Å². The highest BCUT2D eigenvalue weighted by Gasteiger charge is 2.63. The lowest BCUT2D eigenvalue weighted by Gasteiger charge is -2.61. The van der Waals surface area contributed by atoms with E-state index < -0.39 is 0 Å². The van der Waals surface area contributed by atoms with Crippen molar-refractivity contribution in [2.45, 2.75) is 77.4 Å². The molecule has 0 spiro atoms. The molecule has 22 heavy (non-hydrogen) atoms. The first-order chi connectivity index (χ1) is 10.4. The molecule has 2 N–H and O–H groups in total. The molecule has 8 atom stereocenters. The van der Waals surface area contributed by atoms with Crippen LogP contribution < -0.4 is 0 Å². The van der Waals surface area contributed by atoms with Crippen LogP contribution in [0.3, 0.4) is 0 Å². The Balaban J connectivity index is 1.68. The monoisotopic (exact) mass is 306 g/mol. The van der Waals surface area contributed by atoms with E-state index in [1.807, 2.05) is 0 Å². The van der Waals surface area contributed by atoms with Gasteiger partial charge in [0.15, 0.2) is 0 Å². The number of fused-ring (bicyclic) bond motifs is 5. The number of aliphatic hydroxyl groups excluding tert-OH is 2. The molecule has 4 aliphatic rings. The standard InChI is InChI=1S/C19H30O3/c1-18-8-7-12(20)9-11(18)3-4-13-14-5-6-16(21)19(14,2)17(22)10-15(13)18/h11,13-17,21-22H,3-10H2,1-2H3/t11-,13-,14-,15-,16-,17+,18-,19-/m0/s1. The Bertz CT molecular complexity index is 489. The summed E-state index contributed by atoms with van der Waals surface area (Å²) < 4.78 is 0. The molecular weight excluding hydrogens is 276 g/mol. The van der Waals surface area contributed by atoms with Crippen molar-refractivity contribution in [2.75, 3.05) is 0 Å². The highest BCUT2D eigenvalue weighted by Crippen LogP contribution is 2.65. The second kappa shape index (κ2) is 4.80. The zero-order valence-corrected chi connectivity index (χ0v) is 13.9. The van der Waals surface area contributed by atoms with Gasteiger partial charge in [0, 0.05) is 18.3 Å². The van der Waals surface area contributed by atoms with E-state index in [0.717, 1.165) is 38.5 Å². The summed E-state index contributed by atoms with van der Waals surface area (Å²) in [7, 11) is 0. The highest BCUT2D eigenvalue weighted by atomic mass is 16.3. The summed E-state index contributed by atoms with van der Waals surface area (Å²) >= 11 is 0. The predicted molar refractivity (Wildman–Crippen MR) is 84.1 cm³/mol. The molecule has 0 aromatic rings. The molecule has 0 aliphatic heterocycles. The number of aliphatic hydroxyl groups is 2. The first-order valence-electron chi connectivity index (χ1n) is 9.25. The molecule has 0 amide bonds. The molecule has 4 aliphatic carbocycles. The molecule has 4 fully saturated rings. The van der Waals surface area contributed by atoms with Crippen molar-refractivity contribution >= 4 is 5.78 Å². The van der Waals surface area contributed by atoms with Crippen LogP contribution in [0.2, 0.25) is 0 Å². The van der Waals surface area contributed by atoms with E-state index in [-0.39, 0.29) is 23.0 Å². The summed E-state index contributed by atoms with van der Waals surface area (Å²) in [4.78, 5) is 11.9. The minimum atomic E-state index is -0.385. The van der Waals surface area contributed by atoms with E-state index in [4.69, 9.17) is 0 Å². The van der Waals surface area contributed by atoms with Crippen molar-refractivity contribution in [1.82, 2.24) is 0 Å². The maximum absolute atomic E-state index is 11.9. The fraction of sp³-hybridized carbons (Fsp3) is 0.947. The van der Waals surface area contributed by atoms with Crippen LogP contribution in [-0.2, 0) is 4.79 Å². The normalized spacial score (nSPS) is 57.9.